The lowest BCUT2D eigenvalue weighted by Crippen LogP contribution is -2.33. The molecule has 0 spiro atoms. The Labute approximate surface area is 226 Å². The summed E-state index contributed by atoms with van der Waals surface area (Å²) in [5, 5.41) is 5.45. The van der Waals surface area contributed by atoms with E-state index >= 15 is 0 Å². The van der Waals surface area contributed by atoms with Gasteiger partial charge in [0.05, 0.1) is 16.7 Å². The third-order valence-corrected chi connectivity index (χ3v) is 10.7. The van der Waals surface area contributed by atoms with Crippen LogP contribution >= 0.6 is 11.3 Å². The summed E-state index contributed by atoms with van der Waals surface area (Å²) in [7, 11) is 0. The fraction of sp³-hybridized carbons (Fsp3) is 0.167. The average Bonchev–Trinajstić information content (AvgIpc) is 3.46. The first-order valence-electron chi connectivity index (χ1n) is 13.5. The molecule has 2 heteroatoms. The highest BCUT2D eigenvalue weighted by Gasteiger charge is 2.43. The summed E-state index contributed by atoms with van der Waals surface area (Å²) in [5.41, 5.74) is 12.4. The lowest BCUT2D eigenvalue weighted by Gasteiger charge is -2.42. The average molecular weight is 506 g/mol. The number of fused-ring (bicyclic) bond motifs is 4. The van der Waals surface area contributed by atoms with E-state index in [0.717, 1.165) is 0 Å². The number of aromatic nitrogens is 1. The van der Waals surface area contributed by atoms with Crippen LogP contribution < -0.4 is 0 Å². The summed E-state index contributed by atoms with van der Waals surface area (Å²) in [6.07, 6.45) is 0. The van der Waals surface area contributed by atoms with Gasteiger partial charge in [-0.1, -0.05) is 88.4 Å². The van der Waals surface area contributed by atoms with Crippen molar-refractivity contribution in [2.75, 3.05) is 0 Å². The molecule has 2 aliphatic rings. The van der Waals surface area contributed by atoms with Crippen molar-refractivity contribution in [2.45, 2.75) is 38.5 Å². The zero-order chi connectivity index (χ0) is 25.6. The predicted molar refractivity (Wildman–Crippen MR) is 163 cm³/mol. The number of nitrogens with zero attached hydrogens (tertiary/aromatic N) is 1. The maximum atomic E-state index is 2.61. The summed E-state index contributed by atoms with van der Waals surface area (Å²) in [6, 6.07) is 34.7. The second-order valence-electron chi connectivity index (χ2n) is 12.2. The Morgan fingerprint density at radius 2 is 1.13 bits per heavy atom. The molecule has 5 aromatic carbocycles. The molecule has 0 fully saturated rings. The summed E-state index contributed by atoms with van der Waals surface area (Å²) >= 11 is 1.89. The first-order valence-corrected chi connectivity index (χ1v) is 14.4. The predicted octanol–water partition coefficient (Wildman–Crippen LogP) is 10.1. The second kappa shape index (κ2) is 6.57. The molecular weight excluding hydrogens is 478 g/mol. The van der Waals surface area contributed by atoms with Gasteiger partial charge in [-0.15, -0.1) is 11.3 Å². The molecule has 0 unspecified atom stereocenters. The van der Waals surface area contributed by atoms with Crippen LogP contribution in [0.1, 0.15) is 49.9 Å². The Morgan fingerprint density at radius 1 is 0.500 bits per heavy atom. The molecule has 4 heterocycles. The highest BCUT2D eigenvalue weighted by atomic mass is 32.1. The van der Waals surface area contributed by atoms with Gasteiger partial charge in [-0.05, 0) is 63.7 Å². The van der Waals surface area contributed by atoms with Crippen LogP contribution in [0.5, 0.6) is 0 Å². The zero-order valence-electron chi connectivity index (χ0n) is 22.0. The standard InChI is InChI=1S/C36H27NS/c1-35(2)26-11-7-10-23-25-18-21(20-15-16-31-24(17-20)22-9-5-6-14-30(22)38-31)19-29-33(25)37(32(23)26)34-27(35)12-8-13-28(34)36(29,3)4/h5-19H,1-4H3. The van der Waals surface area contributed by atoms with Crippen molar-refractivity contribution in [2.24, 2.45) is 0 Å². The number of rotatable bonds is 1. The molecule has 2 aliphatic heterocycles. The van der Waals surface area contributed by atoms with E-state index in [0.29, 0.717) is 0 Å². The van der Waals surface area contributed by atoms with Gasteiger partial charge in [0.15, 0.2) is 0 Å². The van der Waals surface area contributed by atoms with Gasteiger partial charge in [-0.25, -0.2) is 0 Å². The van der Waals surface area contributed by atoms with E-state index < -0.39 is 0 Å². The minimum absolute atomic E-state index is 0.0450. The van der Waals surface area contributed by atoms with E-state index in [4.69, 9.17) is 0 Å². The van der Waals surface area contributed by atoms with E-state index in [-0.39, 0.29) is 10.8 Å². The van der Waals surface area contributed by atoms with E-state index in [1.165, 1.54) is 81.0 Å². The maximum Gasteiger partial charge on any atom is 0.0582 e. The zero-order valence-corrected chi connectivity index (χ0v) is 22.8. The van der Waals surface area contributed by atoms with Crippen LogP contribution in [0.3, 0.4) is 0 Å². The van der Waals surface area contributed by atoms with E-state index in [2.05, 4.69) is 123 Å². The summed E-state index contributed by atoms with van der Waals surface area (Å²) in [4.78, 5) is 0. The Morgan fingerprint density at radius 3 is 1.97 bits per heavy atom. The third-order valence-electron chi connectivity index (χ3n) is 9.55. The van der Waals surface area contributed by atoms with Crippen LogP contribution in [0.15, 0.2) is 91.0 Å². The van der Waals surface area contributed by atoms with Crippen molar-refractivity contribution in [3.63, 3.8) is 0 Å². The lowest BCUT2D eigenvalue weighted by molar-refractivity contribution is 0.594. The van der Waals surface area contributed by atoms with Gasteiger partial charge in [-0.2, -0.15) is 0 Å². The number of para-hydroxylation sites is 2. The van der Waals surface area contributed by atoms with Gasteiger partial charge in [0, 0.05) is 41.8 Å². The molecule has 0 saturated carbocycles. The first-order chi connectivity index (χ1) is 18.4. The van der Waals surface area contributed by atoms with Crippen molar-refractivity contribution >= 4 is 53.3 Å². The Balaban J connectivity index is 1.44. The molecule has 2 aromatic heterocycles. The van der Waals surface area contributed by atoms with Crippen LogP contribution in [-0.2, 0) is 10.8 Å². The van der Waals surface area contributed by atoms with Crippen LogP contribution in [0, 0.1) is 0 Å². The molecule has 7 aromatic rings. The van der Waals surface area contributed by atoms with Crippen LogP contribution in [0.25, 0.3) is 58.8 Å². The van der Waals surface area contributed by atoms with Gasteiger partial charge in [0.25, 0.3) is 0 Å². The number of thiophene rings is 1. The fourth-order valence-electron chi connectivity index (χ4n) is 7.55. The Hall–Kier alpha value is -3.88. The molecule has 0 atom stereocenters. The molecule has 182 valence electrons. The maximum absolute atomic E-state index is 2.61. The van der Waals surface area contributed by atoms with Gasteiger partial charge in [0.2, 0.25) is 0 Å². The van der Waals surface area contributed by atoms with Crippen molar-refractivity contribution in [3.8, 4) is 16.8 Å². The topological polar surface area (TPSA) is 4.93 Å². The van der Waals surface area contributed by atoms with Crippen molar-refractivity contribution in [1.82, 2.24) is 4.57 Å². The van der Waals surface area contributed by atoms with E-state index in [9.17, 15) is 0 Å². The molecular formula is C36H27NS. The highest BCUT2D eigenvalue weighted by Crippen LogP contribution is 2.55. The molecule has 0 aliphatic carbocycles. The summed E-state index contributed by atoms with van der Waals surface area (Å²) in [5.74, 6) is 0. The molecule has 0 N–H and O–H groups in total. The minimum atomic E-state index is -0.100. The van der Waals surface area contributed by atoms with Crippen molar-refractivity contribution in [1.29, 1.82) is 0 Å². The van der Waals surface area contributed by atoms with Gasteiger partial charge in [0.1, 0.15) is 0 Å². The van der Waals surface area contributed by atoms with Crippen LogP contribution in [0.2, 0.25) is 0 Å². The SMILES string of the molecule is CC1(C)c2cccc3c2-n2c4c1cccc4c1cc(-c4ccc5sc6ccccc6c5c4)cc(c12)C3(C)C. The quantitative estimate of drug-likeness (QED) is 0.209. The number of benzene rings is 5. The van der Waals surface area contributed by atoms with Gasteiger partial charge >= 0.3 is 0 Å². The molecule has 9 rings (SSSR count). The van der Waals surface area contributed by atoms with Gasteiger partial charge in [-0.3, -0.25) is 0 Å². The van der Waals surface area contributed by atoms with Crippen LogP contribution in [-0.4, -0.2) is 4.57 Å². The summed E-state index contributed by atoms with van der Waals surface area (Å²) in [6.45, 7) is 9.63. The molecule has 0 saturated heterocycles. The van der Waals surface area contributed by atoms with Gasteiger partial charge < -0.3 is 4.57 Å². The van der Waals surface area contributed by atoms with E-state index in [1.54, 1.807) is 0 Å². The molecule has 38 heavy (non-hydrogen) atoms. The van der Waals surface area contributed by atoms with Crippen LogP contribution in [0.4, 0.5) is 0 Å². The fourth-order valence-corrected chi connectivity index (χ4v) is 8.64. The normalized spacial score (nSPS) is 16.3. The highest BCUT2D eigenvalue weighted by molar-refractivity contribution is 7.25. The largest absolute Gasteiger partial charge is 0.308 e. The lowest BCUT2D eigenvalue weighted by atomic mass is 9.68. The monoisotopic (exact) mass is 505 g/mol. The molecule has 0 amide bonds. The molecule has 0 bridgehead atoms. The van der Waals surface area contributed by atoms with Crippen molar-refractivity contribution in [3.05, 3.63) is 113 Å². The first kappa shape index (κ1) is 21.1. The van der Waals surface area contributed by atoms with Crippen molar-refractivity contribution < 1.29 is 0 Å². The Bertz CT molecular complexity index is 2180. The second-order valence-corrected chi connectivity index (χ2v) is 13.3. The molecule has 1 nitrogen and oxygen atoms in total. The third kappa shape index (κ3) is 2.31. The molecule has 0 radical (unpaired) electrons. The van der Waals surface area contributed by atoms with E-state index in [1.807, 2.05) is 11.3 Å². The number of hydrogen-bond acceptors (Lipinski definition) is 1. The smallest absolute Gasteiger partial charge is 0.0582 e. The minimum Gasteiger partial charge on any atom is -0.308 e. The number of hydrogen-bond donors (Lipinski definition) is 0. The Kier molecular flexibility index (Phi) is 3.65. The summed E-state index contributed by atoms with van der Waals surface area (Å²) < 4.78 is 5.32.